The van der Waals surface area contributed by atoms with Crippen molar-refractivity contribution in [3.8, 4) is 0 Å². The van der Waals surface area contributed by atoms with Gasteiger partial charge in [0.1, 0.15) is 0 Å². The third-order valence-electron chi connectivity index (χ3n) is 5.59. The number of likely N-dealkylation sites (tertiary alicyclic amines) is 1. The zero-order chi connectivity index (χ0) is 20.8. The Morgan fingerprint density at radius 1 is 1.41 bits per heavy atom. The molecule has 2 aromatic rings. The van der Waals surface area contributed by atoms with Gasteiger partial charge in [0.25, 0.3) is 0 Å². The van der Waals surface area contributed by atoms with Crippen molar-refractivity contribution >= 4 is 28.9 Å². The summed E-state index contributed by atoms with van der Waals surface area (Å²) in [6, 6.07) is 2.01. The monoisotopic (exact) mass is 436 g/mol. The Kier molecular flexibility index (Phi) is 7.98. The van der Waals surface area contributed by atoms with Crippen LogP contribution in [-0.4, -0.2) is 59.0 Å². The molecule has 0 bridgehead atoms. The van der Waals surface area contributed by atoms with Gasteiger partial charge in [-0.3, -0.25) is 9.89 Å². The van der Waals surface area contributed by atoms with Gasteiger partial charge in [-0.15, -0.1) is 11.3 Å². The van der Waals surface area contributed by atoms with Crippen LogP contribution in [0.3, 0.4) is 0 Å². The number of hydrogen-bond acceptors (Lipinski definition) is 4. The molecule has 0 saturated carbocycles. The zero-order valence-corrected chi connectivity index (χ0v) is 19.6. The SMILES string of the molecule is CCc1nc(CN2CCC(CNC(=NC)N(C)Cc3cc(Cl)cn3C)CC2)cs1. The van der Waals surface area contributed by atoms with Gasteiger partial charge in [0.15, 0.2) is 5.96 Å². The summed E-state index contributed by atoms with van der Waals surface area (Å²) in [5, 5.41) is 7.80. The molecule has 1 N–H and O–H groups in total. The summed E-state index contributed by atoms with van der Waals surface area (Å²) in [4.78, 5) is 13.8. The lowest BCUT2D eigenvalue weighted by atomic mass is 9.97. The van der Waals surface area contributed by atoms with Crippen LogP contribution in [0.15, 0.2) is 22.6 Å². The highest BCUT2D eigenvalue weighted by Crippen LogP contribution is 2.20. The van der Waals surface area contributed by atoms with Gasteiger partial charge >= 0.3 is 0 Å². The summed E-state index contributed by atoms with van der Waals surface area (Å²) < 4.78 is 2.06. The number of aliphatic imine (C=N–C) groups is 1. The maximum Gasteiger partial charge on any atom is 0.193 e. The van der Waals surface area contributed by atoms with E-state index in [2.05, 4.69) is 44.0 Å². The van der Waals surface area contributed by atoms with Crippen LogP contribution in [0, 0.1) is 5.92 Å². The second kappa shape index (κ2) is 10.5. The molecule has 0 atom stereocenters. The molecule has 2 aromatic heterocycles. The van der Waals surface area contributed by atoms with Crippen LogP contribution in [0.4, 0.5) is 0 Å². The van der Waals surface area contributed by atoms with Gasteiger partial charge in [0, 0.05) is 51.5 Å². The predicted molar refractivity (Wildman–Crippen MR) is 123 cm³/mol. The quantitative estimate of drug-likeness (QED) is 0.532. The normalized spacial score (nSPS) is 16.4. The van der Waals surface area contributed by atoms with E-state index < -0.39 is 0 Å². The molecule has 160 valence electrons. The Morgan fingerprint density at radius 3 is 2.76 bits per heavy atom. The molecule has 1 fully saturated rings. The Bertz CT molecular complexity index is 806. The first-order valence-electron chi connectivity index (χ1n) is 10.4. The number of hydrogen-bond donors (Lipinski definition) is 1. The largest absolute Gasteiger partial charge is 0.356 e. The summed E-state index contributed by atoms with van der Waals surface area (Å²) in [7, 11) is 5.93. The molecule has 1 saturated heterocycles. The van der Waals surface area contributed by atoms with Crippen molar-refractivity contribution in [1.29, 1.82) is 0 Å². The van der Waals surface area contributed by atoms with Crippen LogP contribution in [-0.2, 0) is 26.6 Å². The molecule has 3 heterocycles. The van der Waals surface area contributed by atoms with E-state index in [1.807, 2.05) is 26.4 Å². The fraction of sp³-hybridized carbons (Fsp3) is 0.619. The second-order valence-electron chi connectivity index (χ2n) is 7.85. The Balaban J connectivity index is 1.41. The highest BCUT2D eigenvalue weighted by Gasteiger charge is 2.21. The summed E-state index contributed by atoms with van der Waals surface area (Å²) in [5.41, 5.74) is 2.40. The number of aromatic nitrogens is 2. The van der Waals surface area contributed by atoms with Crippen LogP contribution in [0.2, 0.25) is 5.02 Å². The maximum absolute atomic E-state index is 6.10. The molecule has 0 spiro atoms. The number of thiazole rings is 1. The van der Waals surface area contributed by atoms with Crippen molar-refractivity contribution in [2.75, 3.05) is 33.7 Å². The number of nitrogens with one attached hydrogen (secondary N) is 1. The summed E-state index contributed by atoms with van der Waals surface area (Å²) in [5.74, 6) is 1.61. The summed E-state index contributed by atoms with van der Waals surface area (Å²) >= 11 is 7.89. The first-order valence-corrected chi connectivity index (χ1v) is 11.6. The lowest BCUT2D eigenvalue weighted by Gasteiger charge is -2.32. The van der Waals surface area contributed by atoms with Crippen LogP contribution >= 0.6 is 22.9 Å². The third-order valence-corrected chi connectivity index (χ3v) is 6.84. The smallest absolute Gasteiger partial charge is 0.193 e. The molecule has 0 unspecified atom stereocenters. The van der Waals surface area contributed by atoms with Crippen LogP contribution in [0.25, 0.3) is 0 Å². The van der Waals surface area contributed by atoms with Gasteiger partial charge in [-0.25, -0.2) is 4.98 Å². The van der Waals surface area contributed by atoms with Crippen molar-refractivity contribution in [2.45, 2.75) is 39.3 Å². The predicted octanol–water partition coefficient (Wildman–Crippen LogP) is 3.62. The van der Waals surface area contributed by atoms with Crippen LogP contribution in [0.5, 0.6) is 0 Å². The minimum atomic E-state index is 0.683. The van der Waals surface area contributed by atoms with E-state index in [9.17, 15) is 0 Å². The number of piperidine rings is 1. The molecule has 0 radical (unpaired) electrons. The van der Waals surface area contributed by atoms with Gasteiger partial charge in [-0.05, 0) is 44.3 Å². The molecule has 1 aliphatic rings. The highest BCUT2D eigenvalue weighted by atomic mass is 35.5. The number of aryl methyl sites for hydroxylation is 2. The van der Waals surface area contributed by atoms with E-state index >= 15 is 0 Å². The topological polar surface area (TPSA) is 48.7 Å². The lowest BCUT2D eigenvalue weighted by molar-refractivity contribution is 0.176. The van der Waals surface area contributed by atoms with Crippen molar-refractivity contribution < 1.29 is 0 Å². The molecule has 8 heteroatoms. The van der Waals surface area contributed by atoms with Crippen molar-refractivity contribution in [2.24, 2.45) is 18.0 Å². The standard InChI is InChI=1S/C21H33ClN6S/c1-5-20-25-18(15-29-20)13-28-8-6-16(7-9-28)11-24-21(23-2)27(4)14-19-10-17(22)12-26(19)3/h10,12,15-16H,5-9,11,13-14H2,1-4H3,(H,23,24). The van der Waals surface area contributed by atoms with Crippen molar-refractivity contribution in [3.05, 3.63) is 39.1 Å². The summed E-state index contributed by atoms with van der Waals surface area (Å²) in [6.07, 6.45) is 5.40. The van der Waals surface area contributed by atoms with E-state index in [1.54, 1.807) is 11.3 Å². The van der Waals surface area contributed by atoms with E-state index in [1.165, 1.54) is 29.2 Å². The van der Waals surface area contributed by atoms with Crippen molar-refractivity contribution in [3.63, 3.8) is 0 Å². The average Bonchev–Trinajstić information content (AvgIpc) is 3.29. The molecule has 6 nitrogen and oxygen atoms in total. The minimum absolute atomic E-state index is 0.683. The van der Waals surface area contributed by atoms with Gasteiger partial charge in [0.05, 0.1) is 22.3 Å². The number of halogens is 1. The van der Waals surface area contributed by atoms with Crippen LogP contribution in [0.1, 0.15) is 36.2 Å². The van der Waals surface area contributed by atoms with Gasteiger partial charge in [-0.2, -0.15) is 0 Å². The fourth-order valence-electron chi connectivity index (χ4n) is 3.82. The molecule has 3 rings (SSSR count). The third kappa shape index (κ3) is 6.20. The van der Waals surface area contributed by atoms with Crippen molar-refractivity contribution in [1.82, 2.24) is 24.7 Å². The van der Waals surface area contributed by atoms with Gasteiger partial charge in [-0.1, -0.05) is 18.5 Å². The zero-order valence-electron chi connectivity index (χ0n) is 18.0. The lowest BCUT2D eigenvalue weighted by Crippen LogP contribution is -2.43. The molecule has 0 amide bonds. The fourth-order valence-corrected chi connectivity index (χ4v) is 4.83. The Hall–Kier alpha value is -1.57. The Labute approximate surface area is 183 Å². The van der Waals surface area contributed by atoms with E-state index in [4.69, 9.17) is 16.6 Å². The molecule has 1 aliphatic heterocycles. The number of guanidine groups is 1. The molecule has 29 heavy (non-hydrogen) atoms. The minimum Gasteiger partial charge on any atom is -0.356 e. The van der Waals surface area contributed by atoms with Gasteiger partial charge < -0.3 is 14.8 Å². The van der Waals surface area contributed by atoms with E-state index in [0.717, 1.165) is 50.1 Å². The first kappa shape index (κ1) is 22.1. The summed E-state index contributed by atoms with van der Waals surface area (Å²) in [6.45, 7) is 7.18. The molecule has 0 aliphatic carbocycles. The number of nitrogens with zero attached hydrogens (tertiary/aromatic N) is 5. The van der Waals surface area contributed by atoms with E-state index in [0.29, 0.717) is 5.92 Å². The van der Waals surface area contributed by atoms with E-state index in [-0.39, 0.29) is 0 Å². The maximum atomic E-state index is 6.10. The van der Waals surface area contributed by atoms with Crippen LogP contribution < -0.4 is 5.32 Å². The average molecular weight is 437 g/mol. The highest BCUT2D eigenvalue weighted by molar-refractivity contribution is 7.09. The first-order chi connectivity index (χ1) is 14.0. The Morgan fingerprint density at radius 2 is 2.17 bits per heavy atom. The molecular weight excluding hydrogens is 404 g/mol. The second-order valence-corrected chi connectivity index (χ2v) is 9.23. The molecule has 0 aromatic carbocycles. The van der Waals surface area contributed by atoms with Gasteiger partial charge in [0.2, 0.25) is 0 Å². The number of rotatable bonds is 7. The molecular formula is C21H33ClN6S.